The minimum Gasteiger partial charge on any atom is -0.382 e. The Labute approximate surface area is 201 Å². The van der Waals surface area contributed by atoms with Gasteiger partial charge in [-0.3, -0.25) is 4.79 Å². The Bertz CT molecular complexity index is 1210. The van der Waals surface area contributed by atoms with Gasteiger partial charge in [0.05, 0.1) is 26.3 Å². The van der Waals surface area contributed by atoms with Gasteiger partial charge in [0, 0.05) is 5.69 Å². The third-order valence-electron chi connectivity index (χ3n) is 4.53. The van der Waals surface area contributed by atoms with Crippen LogP contribution in [-0.4, -0.2) is 50.5 Å². The molecular formula is C21H22Cl2N4O3S2. The van der Waals surface area contributed by atoms with Crippen LogP contribution in [0.4, 0.5) is 16.6 Å². The average Bonchev–Trinajstić information content (AvgIpc) is 3.07. The maximum atomic E-state index is 12.9. The number of carbonyl (C=O) groups excluding carboxylic acids is 1. The lowest BCUT2D eigenvalue weighted by atomic mass is 10.1. The molecule has 170 valence electrons. The molecule has 1 aromatic heterocycles. The fourth-order valence-corrected chi connectivity index (χ4v) is 5.65. The zero-order valence-corrected chi connectivity index (χ0v) is 20.6. The van der Waals surface area contributed by atoms with Gasteiger partial charge in [0.2, 0.25) is 5.78 Å². The summed E-state index contributed by atoms with van der Waals surface area (Å²) in [5.74, 6) is -0.279. The number of hydrogen-bond donors (Lipinski definition) is 2. The summed E-state index contributed by atoms with van der Waals surface area (Å²) in [6.07, 6.45) is 0.556. The van der Waals surface area contributed by atoms with Gasteiger partial charge in [-0.15, -0.1) is 0 Å². The minimum atomic E-state index is -3.36. The predicted octanol–water partition coefficient (Wildman–Crippen LogP) is 4.73. The molecule has 0 unspecified atom stereocenters. The smallest absolute Gasteiger partial charge is 0.209 e. The van der Waals surface area contributed by atoms with Crippen LogP contribution in [0.25, 0.3) is 0 Å². The van der Waals surface area contributed by atoms with Crippen molar-refractivity contribution in [2.45, 2.75) is 11.3 Å². The number of nitrogen functional groups attached to an aromatic ring is 1. The van der Waals surface area contributed by atoms with E-state index in [0.717, 1.165) is 11.3 Å². The SMILES string of the molecule is CN(C)CCCS(=O)(=O)c1ccc(Nc2nc(N)c(C(=O)c3c(Cl)cccc3Cl)s2)cc1. The van der Waals surface area contributed by atoms with Crippen LogP contribution in [0.15, 0.2) is 47.4 Å². The first-order valence-electron chi connectivity index (χ1n) is 9.58. The van der Waals surface area contributed by atoms with E-state index in [4.69, 9.17) is 28.9 Å². The first kappa shape index (κ1) is 24.5. The first-order chi connectivity index (χ1) is 15.1. The van der Waals surface area contributed by atoms with Gasteiger partial charge in [-0.1, -0.05) is 40.6 Å². The third-order valence-corrected chi connectivity index (χ3v) is 7.96. The number of aromatic nitrogens is 1. The molecule has 0 radical (unpaired) electrons. The van der Waals surface area contributed by atoms with Crippen LogP contribution in [-0.2, 0) is 9.84 Å². The minimum absolute atomic E-state index is 0.0542. The Morgan fingerprint density at radius 2 is 1.75 bits per heavy atom. The average molecular weight is 513 g/mol. The number of halogens is 2. The molecule has 3 N–H and O–H groups in total. The van der Waals surface area contributed by atoms with Crippen molar-refractivity contribution in [2.75, 3.05) is 37.4 Å². The highest BCUT2D eigenvalue weighted by molar-refractivity contribution is 7.91. The van der Waals surface area contributed by atoms with E-state index >= 15 is 0 Å². The Hall–Kier alpha value is -2.17. The van der Waals surface area contributed by atoms with Gasteiger partial charge in [0.1, 0.15) is 10.7 Å². The number of anilines is 3. The molecule has 2 aromatic carbocycles. The summed E-state index contributed by atoms with van der Waals surface area (Å²) in [6.45, 7) is 0.699. The number of rotatable bonds is 9. The van der Waals surface area contributed by atoms with Crippen LogP contribution in [0.3, 0.4) is 0 Å². The molecule has 11 heteroatoms. The largest absolute Gasteiger partial charge is 0.382 e. The van der Waals surface area contributed by atoms with Gasteiger partial charge in [0.15, 0.2) is 15.0 Å². The molecule has 7 nitrogen and oxygen atoms in total. The highest BCUT2D eigenvalue weighted by Crippen LogP contribution is 2.34. The lowest BCUT2D eigenvalue weighted by Crippen LogP contribution is -2.17. The number of hydrogen-bond acceptors (Lipinski definition) is 8. The first-order valence-corrected chi connectivity index (χ1v) is 12.8. The number of nitrogens with zero attached hydrogens (tertiary/aromatic N) is 2. The van der Waals surface area contributed by atoms with E-state index in [-0.39, 0.29) is 37.0 Å². The van der Waals surface area contributed by atoms with E-state index in [1.165, 1.54) is 0 Å². The van der Waals surface area contributed by atoms with Crippen molar-refractivity contribution in [3.8, 4) is 0 Å². The van der Waals surface area contributed by atoms with Crippen LogP contribution in [0, 0.1) is 0 Å². The molecule has 0 fully saturated rings. The maximum absolute atomic E-state index is 12.9. The molecule has 1 heterocycles. The molecule has 0 spiro atoms. The van der Waals surface area contributed by atoms with Crippen molar-refractivity contribution in [2.24, 2.45) is 0 Å². The monoisotopic (exact) mass is 512 g/mol. The molecule has 0 saturated heterocycles. The van der Waals surface area contributed by atoms with Crippen molar-refractivity contribution in [1.29, 1.82) is 0 Å². The summed E-state index contributed by atoms with van der Waals surface area (Å²) < 4.78 is 24.9. The van der Waals surface area contributed by atoms with E-state index in [1.807, 2.05) is 19.0 Å². The van der Waals surface area contributed by atoms with E-state index in [9.17, 15) is 13.2 Å². The summed E-state index contributed by atoms with van der Waals surface area (Å²) in [7, 11) is 0.451. The highest BCUT2D eigenvalue weighted by atomic mass is 35.5. The molecule has 3 aromatic rings. The third kappa shape index (κ3) is 5.79. The fourth-order valence-electron chi connectivity index (χ4n) is 2.93. The molecule has 0 aliphatic carbocycles. The Balaban J connectivity index is 1.74. The molecule has 0 atom stereocenters. The number of nitrogens with two attached hydrogens (primary N) is 1. The molecule has 0 aliphatic rings. The second-order valence-electron chi connectivity index (χ2n) is 7.28. The summed E-state index contributed by atoms with van der Waals surface area (Å²) in [4.78, 5) is 19.5. The van der Waals surface area contributed by atoms with Crippen LogP contribution >= 0.6 is 34.5 Å². The molecular weight excluding hydrogens is 491 g/mol. The summed E-state index contributed by atoms with van der Waals surface area (Å²) in [6, 6.07) is 11.2. The van der Waals surface area contributed by atoms with Crippen LogP contribution in [0.2, 0.25) is 10.0 Å². The lowest BCUT2D eigenvalue weighted by Gasteiger charge is -2.10. The van der Waals surface area contributed by atoms with Crippen molar-refractivity contribution in [1.82, 2.24) is 9.88 Å². The molecule has 3 rings (SSSR count). The maximum Gasteiger partial charge on any atom is 0.209 e. The molecule has 0 aliphatic heterocycles. The van der Waals surface area contributed by atoms with E-state index in [1.54, 1.807) is 42.5 Å². The van der Waals surface area contributed by atoms with Gasteiger partial charge in [0.25, 0.3) is 0 Å². The van der Waals surface area contributed by atoms with Gasteiger partial charge in [-0.2, -0.15) is 0 Å². The standard InChI is InChI=1S/C21H22Cl2N4O3S2/c1-27(2)11-4-12-32(29,30)14-9-7-13(8-10-14)25-21-26-20(24)19(31-21)18(28)17-15(22)5-3-6-16(17)23/h3,5-10H,4,11-12,24H2,1-2H3,(H,25,26). The topological polar surface area (TPSA) is 105 Å². The van der Waals surface area contributed by atoms with Crippen LogP contribution in [0.1, 0.15) is 21.7 Å². The molecule has 32 heavy (non-hydrogen) atoms. The number of ketones is 1. The number of sulfone groups is 1. The molecule has 0 bridgehead atoms. The van der Waals surface area contributed by atoms with Crippen molar-refractivity contribution >= 4 is 66.8 Å². The second-order valence-corrected chi connectivity index (χ2v) is 11.2. The second kappa shape index (κ2) is 10.2. The van der Waals surface area contributed by atoms with E-state index in [0.29, 0.717) is 23.8 Å². The molecule has 0 amide bonds. The Morgan fingerprint density at radius 3 is 2.34 bits per heavy atom. The summed E-state index contributed by atoms with van der Waals surface area (Å²) in [5.41, 5.74) is 6.73. The summed E-state index contributed by atoms with van der Waals surface area (Å²) >= 11 is 13.3. The van der Waals surface area contributed by atoms with Gasteiger partial charge < -0.3 is 16.0 Å². The van der Waals surface area contributed by atoms with Crippen molar-refractivity contribution < 1.29 is 13.2 Å². The molecule has 0 saturated carbocycles. The van der Waals surface area contributed by atoms with Gasteiger partial charge in [-0.05, 0) is 63.5 Å². The predicted molar refractivity (Wildman–Crippen MR) is 131 cm³/mol. The quantitative estimate of drug-likeness (QED) is 0.399. The Kier molecular flexibility index (Phi) is 7.79. The highest BCUT2D eigenvalue weighted by Gasteiger charge is 2.22. The van der Waals surface area contributed by atoms with Crippen molar-refractivity contribution in [3.05, 3.63) is 63.0 Å². The van der Waals surface area contributed by atoms with Crippen molar-refractivity contribution in [3.63, 3.8) is 0 Å². The fraction of sp³-hybridized carbons (Fsp3) is 0.238. The summed E-state index contributed by atoms with van der Waals surface area (Å²) in [5, 5.41) is 3.89. The van der Waals surface area contributed by atoms with Gasteiger partial charge >= 0.3 is 0 Å². The van der Waals surface area contributed by atoms with E-state index < -0.39 is 15.6 Å². The number of nitrogens with one attached hydrogen (secondary N) is 1. The number of carbonyl (C=O) groups is 1. The van der Waals surface area contributed by atoms with Crippen LogP contribution in [0.5, 0.6) is 0 Å². The lowest BCUT2D eigenvalue weighted by molar-refractivity contribution is 0.104. The zero-order valence-electron chi connectivity index (χ0n) is 17.4. The Morgan fingerprint density at radius 1 is 1.12 bits per heavy atom. The number of benzene rings is 2. The van der Waals surface area contributed by atoms with Crippen LogP contribution < -0.4 is 11.1 Å². The number of thiazole rings is 1. The van der Waals surface area contributed by atoms with E-state index in [2.05, 4.69) is 10.3 Å². The zero-order chi connectivity index (χ0) is 23.5. The van der Waals surface area contributed by atoms with Gasteiger partial charge in [-0.25, -0.2) is 13.4 Å². The normalized spacial score (nSPS) is 11.7.